The molecule has 1 heterocycles. The Kier molecular flexibility index (Phi) is 3.92. The minimum Gasteiger partial charge on any atom is -0.198 e. The topological polar surface area (TPSA) is 3.88 Å². The van der Waals surface area contributed by atoms with Gasteiger partial charge in [-0.05, 0) is 18.6 Å². The van der Waals surface area contributed by atoms with Gasteiger partial charge in [0.05, 0.1) is 0 Å². The average molecular weight is 214 g/mol. The van der Waals surface area contributed by atoms with Crippen LogP contribution >= 0.6 is 0 Å². The minimum absolute atomic E-state index is 1.14. The smallest absolute Gasteiger partial charge is 0.198 e. The van der Waals surface area contributed by atoms with Gasteiger partial charge in [-0.15, -0.1) is 0 Å². The van der Waals surface area contributed by atoms with Gasteiger partial charge in [-0.1, -0.05) is 31.9 Å². The molecule has 0 bridgehead atoms. The summed E-state index contributed by atoms with van der Waals surface area (Å²) in [5.41, 5.74) is 1.35. The van der Waals surface area contributed by atoms with Crippen LogP contribution in [0.2, 0.25) is 0 Å². The molecule has 0 saturated heterocycles. The lowest BCUT2D eigenvalue weighted by Crippen LogP contribution is -2.33. The van der Waals surface area contributed by atoms with Gasteiger partial charge in [-0.2, -0.15) is 4.57 Å². The predicted molar refractivity (Wildman–Crippen MR) is 68.3 cm³/mol. The zero-order valence-corrected chi connectivity index (χ0v) is 10.0. The lowest BCUT2D eigenvalue weighted by Gasteiger charge is -2.00. The first-order valence-electron chi connectivity index (χ1n) is 6.29. The second-order valence-corrected chi connectivity index (χ2v) is 4.32. The summed E-state index contributed by atoms with van der Waals surface area (Å²) in [6.45, 7) is 3.40. The zero-order valence-electron chi connectivity index (χ0n) is 10.0. The monoisotopic (exact) mass is 214 g/mol. The highest BCUT2D eigenvalue weighted by molar-refractivity contribution is 5.74. The van der Waals surface area contributed by atoms with Gasteiger partial charge in [0.2, 0.25) is 5.52 Å². The third-order valence-electron chi connectivity index (χ3n) is 3.04. The van der Waals surface area contributed by atoms with Crippen LogP contribution in [-0.4, -0.2) is 0 Å². The summed E-state index contributed by atoms with van der Waals surface area (Å²) in [5, 5.41) is 1.33. The summed E-state index contributed by atoms with van der Waals surface area (Å²) in [6.07, 6.45) is 7.47. The molecule has 2 aromatic rings. The van der Waals surface area contributed by atoms with Gasteiger partial charge in [0.1, 0.15) is 6.54 Å². The van der Waals surface area contributed by atoms with E-state index in [0.29, 0.717) is 0 Å². The van der Waals surface area contributed by atoms with Crippen molar-refractivity contribution >= 4 is 10.9 Å². The van der Waals surface area contributed by atoms with Gasteiger partial charge in [0, 0.05) is 23.9 Å². The lowest BCUT2D eigenvalue weighted by molar-refractivity contribution is -0.671. The molecule has 84 valence electrons. The van der Waals surface area contributed by atoms with Crippen molar-refractivity contribution in [1.82, 2.24) is 0 Å². The Morgan fingerprint density at radius 2 is 1.75 bits per heavy atom. The Labute approximate surface area is 97.7 Å². The summed E-state index contributed by atoms with van der Waals surface area (Å²) < 4.78 is 2.37. The molecule has 0 fully saturated rings. The van der Waals surface area contributed by atoms with Crippen LogP contribution in [0, 0.1) is 0 Å². The number of aryl methyl sites for hydroxylation is 1. The van der Waals surface area contributed by atoms with E-state index in [2.05, 4.69) is 54.1 Å². The van der Waals surface area contributed by atoms with Crippen LogP contribution in [-0.2, 0) is 6.54 Å². The molecule has 2 rings (SSSR count). The van der Waals surface area contributed by atoms with Gasteiger partial charge in [0.25, 0.3) is 0 Å². The Hall–Kier alpha value is -1.37. The van der Waals surface area contributed by atoms with Crippen molar-refractivity contribution in [3.05, 3.63) is 42.6 Å². The number of benzene rings is 1. The van der Waals surface area contributed by atoms with E-state index < -0.39 is 0 Å². The SMILES string of the molecule is CCCCCC[n+]1cccc2ccccc21. The Balaban J connectivity index is 2.11. The number of aromatic nitrogens is 1. The number of fused-ring (bicyclic) bond motifs is 1. The van der Waals surface area contributed by atoms with Crippen LogP contribution in [0.1, 0.15) is 32.6 Å². The van der Waals surface area contributed by atoms with Crippen molar-refractivity contribution < 1.29 is 4.57 Å². The number of unbranched alkanes of at least 4 members (excludes halogenated alkanes) is 3. The fourth-order valence-corrected chi connectivity index (χ4v) is 2.12. The predicted octanol–water partition coefficient (Wildman–Crippen LogP) is 3.71. The second kappa shape index (κ2) is 5.64. The first kappa shape index (κ1) is 11.1. The van der Waals surface area contributed by atoms with E-state index in [9.17, 15) is 0 Å². The highest BCUT2D eigenvalue weighted by Gasteiger charge is 2.05. The molecule has 0 radical (unpaired) electrons. The highest BCUT2D eigenvalue weighted by Crippen LogP contribution is 2.08. The van der Waals surface area contributed by atoms with Crippen molar-refractivity contribution in [2.45, 2.75) is 39.2 Å². The molecule has 0 spiro atoms. The van der Waals surface area contributed by atoms with Crippen LogP contribution in [0.15, 0.2) is 42.6 Å². The molecule has 0 aliphatic carbocycles. The maximum atomic E-state index is 2.37. The summed E-state index contributed by atoms with van der Waals surface area (Å²) in [7, 11) is 0. The first-order chi connectivity index (χ1) is 7.92. The third-order valence-corrected chi connectivity index (χ3v) is 3.04. The number of hydrogen-bond donors (Lipinski definition) is 0. The Morgan fingerprint density at radius 1 is 0.938 bits per heavy atom. The minimum atomic E-state index is 1.14. The third kappa shape index (κ3) is 2.60. The maximum Gasteiger partial charge on any atom is 0.212 e. The van der Waals surface area contributed by atoms with Gasteiger partial charge in [0.15, 0.2) is 6.20 Å². The molecule has 1 heteroatoms. The lowest BCUT2D eigenvalue weighted by atomic mass is 10.2. The van der Waals surface area contributed by atoms with E-state index in [1.165, 1.54) is 36.6 Å². The zero-order chi connectivity index (χ0) is 11.2. The summed E-state index contributed by atoms with van der Waals surface area (Å²) >= 11 is 0. The number of hydrogen-bond acceptors (Lipinski definition) is 0. The quantitative estimate of drug-likeness (QED) is 0.527. The molecule has 0 amide bonds. The van der Waals surface area contributed by atoms with Crippen molar-refractivity contribution in [1.29, 1.82) is 0 Å². The summed E-state index contributed by atoms with van der Waals surface area (Å²) in [4.78, 5) is 0. The Morgan fingerprint density at radius 3 is 2.62 bits per heavy atom. The summed E-state index contributed by atoms with van der Waals surface area (Å²) in [5.74, 6) is 0. The molecule has 0 aliphatic rings. The molecule has 1 aromatic heterocycles. The molecule has 0 unspecified atom stereocenters. The van der Waals surface area contributed by atoms with E-state index in [1.807, 2.05) is 0 Å². The first-order valence-corrected chi connectivity index (χ1v) is 6.29. The van der Waals surface area contributed by atoms with Gasteiger partial charge >= 0.3 is 0 Å². The number of nitrogens with zero attached hydrogens (tertiary/aromatic N) is 1. The van der Waals surface area contributed by atoms with E-state index in [0.717, 1.165) is 6.54 Å². The molecule has 0 aliphatic heterocycles. The largest absolute Gasteiger partial charge is 0.212 e. The van der Waals surface area contributed by atoms with Crippen molar-refractivity contribution in [2.75, 3.05) is 0 Å². The van der Waals surface area contributed by atoms with Crippen LogP contribution in [0.4, 0.5) is 0 Å². The highest BCUT2D eigenvalue weighted by atomic mass is 14.9. The molecule has 1 nitrogen and oxygen atoms in total. The van der Waals surface area contributed by atoms with Gasteiger partial charge in [-0.25, -0.2) is 0 Å². The molecule has 1 aromatic carbocycles. The van der Waals surface area contributed by atoms with Crippen LogP contribution in [0.3, 0.4) is 0 Å². The average Bonchev–Trinajstić information content (AvgIpc) is 2.35. The molecule has 0 saturated carbocycles. The van der Waals surface area contributed by atoms with Crippen molar-refractivity contribution in [3.8, 4) is 0 Å². The number of pyridine rings is 1. The van der Waals surface area contributed by atoms with E-state index in [4.69, 9.17) is 0 Å². The number of rotatable bonds is 5. The van der Waals surface area contributed by atoms with E-state index in [-0.39, 0.29) is 0 Å². The van der Waals surface area contributed by atoms with Gasteiger partial charge < -0.3 is 0 Å². The van der Waals surface area contributed by atoms with Gasteiger partial charge in [-0.3, -0.25) is 0 Å². The van der Waals surface area contributed by atoms with Crippen LogP contribution in [0.25, 0.3) is 10.9 Å². The second-order valence-electron chi connectivity index (χ2n) is 4.32. The molecule has 0 atom stereocenters. The van der Waals surface area contributed by atoms with E-state index in [1.54, 1.807) is 0 Å². The van der Waals surface area contributed by atoms with E-state index >= 15 is 0 Å². The Bertz CT molecular complexity index is 443. The summed E-state index contributed by atoms with van der Waals surface area (Å²) in [6, 6.07) is 12.9. The number of para-hydroxylation sites is 1. The molecule has 0 N–H and O–H groups in total. The fourth-order valence-electron chi connectivity index (χ4n) is 2.12. The standard InChI is InChI=1S/C15H20N/c1-2-3-4-7-12-16-13-8-10-14-9-5-6-11-15(14)16/h5-6,8-11,13H,2-4,7,12H2,1H3/q+1. The van der Waals surface area contributed by atoms with Crippen molar-refractivity contribution in [3.63, 3.8) is 0 Å². The van der Waals surface area contributed by atoms with Crippen LogP contribution < -0.4 is 4.57 Å². The van der Waals surface area contributed by atoms with Crippen molar-refractivity contribution in [2.24, 2.45) is 0 Å². The molecular weight excluding hydrogens is 194 g/mol. The van der Waals surface area contributed by atoms with Crippen LogP contribution in [0.5, 0.6) is 0 Å². The molecular formula is C15H20N+. The maximum absolute atomic E-state index is 2.37. The molecule has 16 heavy (non-hydrogen) atoms. The normalized spacial score (nSPS) is 10.8. The fraction of sp³-hybridized carbons (Fsp3) is 0.400.